The molecule has 3 aromatic carbocycles. The first-order valence-corrected chi connectivity index (χ1v) is 8.33. The lowest BCUT2D eigenvalue weighted by molar-refractivity contribution is 0.412. The van der Waals surface area contributed by atoms with E-state index in [1.54, 1.807) is 18.2 Å². The summed E-state index contributed by atoms with van der Waals surface area (Å²) < 4.78 is 35.3. The highest BCUT2D eigenvalue weighted by Gasteiger charge is 2.16. The van der Waals surface area contributed by atoms with E-state index in [-0.39, 0.29) is 16.8 Å². The van der Waals surface area contributed by atoms with Gasteiger partial charge in [0.15, 0.2) is 0 Å². The number of para-hydroxylation sites is 1. The van der Waals surface area contributed by atoms with E-state index >= 15 is 0 Å². The Hall–Kier alpha value is -3.47. The van der Waals surface area contributed by atoms with Crippen LogP contribution in [0.15, 0.2) is 77.6 Å². The zero-order chi connectivity index (χ0) is 19.0. The molecule has 1 heterocycles. The summed E-state index contributed by atoms with van der Waals surface area (Å²) in [5.41, 5.74) is 1.22. The van der Waals surface area contributed by atoms with Gasteiger partial charge in [-0.05, 0) is 41.3 Å². The number of nitrogens with zero attached hydrogens (tertiary/aromatic N) is 1. The Morgan fingerprint density at radius 2 is 1.70 bits per heavy atom. The van der Waals surface area contributed by atoms with Gasteiger partial charge in [-0.1, -0.05) is 30.3 Å². The van der Waals surface area contributed by atoms with Crippen LogP contribution in [0.5, 0.6) is 5.75 Å². The van der Waals surface area contributed by atoms with E-state index in [0.29, 0.717) is 16.8 Å². The molecular formula is C22H15F2NO2. The van der Waals surface area contributed by atoms with Crippen molar-refractivity contribution in [2.75, 3.05) is 7.11 Å². The van der Waals surface area contributed by atoms with Crippen LogP contribution in [0.2, 0.25) is 0 Å². The van der Waals surface area contributed by atoms with Gasteiger partial charge in [-0.3, -0.25) is 9.36 Å². The van der Waals surface area contributed by atoms with Crippen molar-refractivity contribution in [3.63, 3.8) is 0 Å². The van der Waals surface area contributed by atoms with E-state index in [1.165, 1.54) is 48.1 Å². The molecule has 0 unspecified atom stereocenters. The number of hydrogen-bond acceptors (Lipinski definition) is 2. The molecule has 0 aliphatic rings. The minimum absolute atomic E-state index is 0.198. The second-order valence-corrected chi connectivity index (χ2v) is 6.08. The number of halogens is 2. The Labute approximate surface area is 154 Å². The van der Waals surface area contributed by atoms with Crippen LogP contribution >= 0.6 is 0 Å². The van der Waals surface area contributed by atoms with Crippen LogP contribution in [-0.4, -0.2) is 11.7 Å². The maximum absolute atomic E-state index is 14.9. The van der Waals surface area contributed by atoms with E-state index in [2.05, 4.69) is 0 Å². The molecule has 0 saturated carbocycles. The number of methoxy groups -OCH3 is 1. The molecule has 0 bridgehead atoms. The van der Waals surface area contributed by atoms with Crippen molar-refractivity contribution >= 4 is 10.9 Å². The second kappa shape index (κ2) is 6.68. The predicted molar refractivity (Wildman–Crippen MR) is 101 cm³/mol. The van der Waals surface area contributed by atoms with Crippen molar-refractivity contribution in [1.29, 1.82) is 0 Å². The first kappa shape index (κ1) is 17.0. The summed E-state index contributed by atoms with van der Waals surface area (Å²) in [4.78, 5) is 12.5. The molecule has 0 aliphatic carbocycles. The third-order valence-corrected chi connectivity index (χ3v) is 4.45. The van der Waals surface area contributed by atoms with Crippen molar-refractivity contribution in [1.82, 2.24) is 4.57 Å². The van der Waals surface area contributed by atoms with E-state index in [9.17, 15) is 13.6 Å². The van der Waals surface area contributed by atoms with Gasteiger partial charge in [0.1, 0.15) is 17.4 Å². The summed E-state index contributed by atoms with van der Waals surface area (Å²) in [7, 11) is 1.45. The van der Waals surface area contributed by atoms with Crippen molar-refractivity contribution in [2.24, 2.45) is 0 Å². The number of pyridine rings is 1. The predicted octanol–water partition coefficient (Wildman–Crippen LogP) is 4.94. The molecule has 0 amide bonds. The van der Waals surface area contributed by atoms with Gasteiger partial charge in [0.2, 0.25) is 0 Å². The topological polar surface area (TPSA) is 31.2 Å². The van der Waals surface area contributed by atoms with E-state index < -0.39 is 11.6 Å². The molecule has 0 spiro atoms. The Balaban J connectivity index is 2.00. The fourth-order valence-corrected chi connectivity index (χ4v) is 3.19. The summed E-state index contributed by atoms with van der Waals surface area (Å²) in [6.45, 7) is 0. The highest BCUT2D eigenvalue weighted by Crippen LogP contribution is 2.33. The summed E-state index contributed by atoms with van der Waals surface area (Å²) in [6.07, 6.45) is 0. The van der Waals surface area contributed by atoms with Gasteiger partial charge in [0, 0.05) is 17.7 Å². The molecule has 0 atom stereocenters. The van der Waals surface area contributed by atoms with Crippen molar-refractivity contribution in [2.45, 2.75) is 0 Å². The Kier molecular flexibility index (Phi) is 4.20. The van der Waals surface area contributed by atoms with Gasteiger partial charge in [0.05, 0.1) is 18.3 Å². The molecule has 3 nitrogen and oxygen atoms in total. The summed E-state index contributed by atoms with van der Waals surface area (Å²) in [5.74, 6) is -0.717. The van der Waals surface area contributed by atoms with Crippen molar-refractivity contribution < 1.29 is 13.5 Å². The first-order chi connectivity index (χ1) is 13.1. The molecule has 1 aromatic heterocycles. The minimum atomic E-state index is -0.573. The lowest BCUT2D eigenvalue weighted by Gasteiger charge is -2.16. The second-order valence-electron chi connectivity index (χ2n) is 6.08. The highest BCUT2D eigenvalue weighted by atomic mass is 19.1. The molecule has 5 heteroatoms. The average Bonchev–Trinajstić information content (AvgIpc) is 2.68. The monoisotopic (exact) mass is 363 g/mol. The Bertz CT molecular complexity index is 1210. The van der Waals surface area contributed by atoms with E-state index in [0.717, 1.165) is 5.39 Å². The number of aromatic nitrogens is 1. The lowest BCUT2D eigenvalue weighted by Crippen LogP contribution is -2.18. The summed E-state index contributed by atoms with van der Waals surface area (Å²) >= 11 is 0. The molecule has 0 N–H and O–H groups in total. The van der Waals surface area contributed by atoms with Crippen LogP contribution in [0.25, 0.3) is 27.7 Å². The SMILES string of the molecule is COc1cc(-c2cccc(F)c2)c(F)cc1-n1c(=O)ccc2ccccc21. The van der Waals surface area contributed by atoms with E-state index in [4.69, 9.17) is 4.74 Å². The number of rotatable bonds is 3. The maximum atomic E-state index is 14.9. The minimum Gasteiger partial charge on any atom is -0.495 e. The quantitative estimate of drug-likeness (QED) is 0.516. The van der Waals surface area contributed by atoms with E-state index in [1.807, 2.05) is 18.2 Å². The average molecular weight is 363 g/mol. The van der Waals surface area contributed by atoms with Crippen LogP contribution in [-0.2, 0) is 0 Å². The van der Waals surface area contributed by atoms with Gasteiger partial charge < -0.3 is 4.74 Å². The third-order valence-electron chi connectivity index (χ3n) is 4.45. The standard InChI is InChI=1S/C22H15F2NO2/c1-27-21-12-17(15-6-4-7-16(23)11-15)18(24)13-20(21)25-19-8-3-2-5-14(19)9-10-22(25)26/h2-13H,1H3. The third kappa shape index (κ3) is 2.97. The van der Waals surface area contributed by atoms with Gasteiger partial charge in [0.25, 0.3) is 5.56 Å². The fourth-order valence-electron chi connectivity index (χ4n) is 3.19. The number of hydrogen-bond donors (Lipinski definition) is 0. The first-order valence-electron chi connectivity index (χ1n) is 8.33. The van der Waals surface area contributed by atoms with Crippen LogP contribution in [0.4, 0.5) is 8.78 Å². The molecule has 0 radical (unpaired) electrons. The molecule has 0 saturated heterocycles. The maximum Gasteiger partial charge on any atom is 0.255 e. The largest absolute Gasteiger partial charge is 0.495 e. The van der Waals surface area contributed by atoms with Gasteiger partial charge >= 0.3 is 0 Å². The molecule has 134 valence electrons. The Morgan fingerprint density at radius 3 is 2.48 bits per heavy atom. The number of fused-ring (bicyclic) bond motifs is 1. The van der Waals surface area contributed by atoms with Gasteiger partial charge in [-0.2, -0.15) is 0 Å². The van der Waals surface area contributed by atoms with Gasteiger partial charge in [-0.15, -0.1) is 0 Å². The van der Waals surface area contributed by atoms with Crippen LogP contribution in [0.1, 0.15) is 0 Å². The van der Waals surface area contributed by atoms with Crippen molar-refractivity contribution in [3.8, 4) is 22.6 Å². The zero-order valence-corrected chi connectivity index (χ0v) is 14.4. The number of ether oxygens (including phenoxy) is 1. The van der Waals surface area contributed by atoms with Gasteiger partial charge in [-0.25, -0.2) is 8.78 Å². The fraction of sp³-hybridized carbons (Fsp3) is 0.0455. The molecule has 4 rings (SSSR count). The lowest BCUT2D eigenvalue weighted by atomic mass is 10.0. The Morgan fingerprint density at radius 1 is 0.889 bits per heavy atom. The molecule has 0 fully saturated rings. The molecule has 27 heavy (non-hydrogen) atoms. The summed E-state index contributed by atoms with van der Waals surface area (Å²) in [5, 5.41) is 0.841. The highest BCUT2D eigenvalue weighted by molar-refractivity contribution is 5.81. The summed E-state index contributed by atoms with van der Waals surface area (Å²) in [6, 6.07) is 18.9. The van der Waals surface area contributed by atoms with Crippen LogP contribution < -0.4 is 10.3 Å². The molecule has 0 aliphatic heterocycles. The van der Waals surface area contributed by atoms with Crippen LogP contribution in [0.3, 0.4) is 0 Å². The van der Waals surface area contributed by atoms with Crippen LogP contribution in [0, 0.1) is 11.6 Å². The normalized spacial score (nSPS) is 10.9. The zero-order valence-electron chi connectivity index (χ0n) is 14.4. The number of benzene rings is 3. The molecule has 4 aromatic rings. The van der Waals surface area contributed by atoms with Crippen molar-refractivity contribution in [3.05, 3.63) is 94.8 Å². The molecular weight excluding hydrogens is 348 g/mol. The smallest absolute Gasteiger partial charge is 0.255 e.